The molecule has 0 fully saturated rings. The number of fused-ring (bicyclic) bond motifs is 1. The summed E-state index contributed by atoms with van der Waals surface area (Å²) in [5.41, 5.74) is 1.43. The van der Waals surface area contributed by atoms with Gasteiger partial charge in [0.25, 0.3) is 5.89 Å². The normalized spacial score (nSPS) is 11.0. The average Bonchev–Trinajstić information content (AvgIpc) is 3.21. The third-order valence-corrected chi connectivity index (χ3v) is 3.23. The van der Waals surface area contributed by atoms with Gasteiger partial charge in [0.05, 0.1) is 7.11 Å². The van der Waals surface area contributed by atoms with Crippen molar-refractivity contribution >= 4 is 5.78 Å². The molecular weight excluding hydrogens is 282 g/mol. The van der Waals surface area contributed by atoms with E-state index in [1.54, 1.807) is 23.9 Å². The molecule has 0 N–H and O–H groups in total. The van der Waals surface area contributed by atoms with Gasteiger partial charge in [-0.1, -0.05) is 5.16 Å². The van der Waals surface area contributed by atoms with Crippen molar-refractivity contribution in [3.05, 3.63) is 48.9 Å². The molecule has 108 valence electrons. The lowest BCUT2D eigenvalue weighted by atomic mass is 10.2. The lowest BCUT2D eigenvalue weighted by Gasteiger charge is -1.98. The fraction of sp³-hybridized carbons (Fsp3) is 0.0667. The SMILES string of the molecule is COc1ccc(-c2noc(-c3cn4cccnc4n3)n2)cc1. The predicted octanol–water partition coefficient (Wildman–Crippen LogP) is 2.45. The molecule has 0 saturated carbocycles. The zero-order chi connectivity index (χ0) is 14.9. The van der Waals surface area contributed by atoms with Crippen LogP contribution in [0.4, 0.5) is 0 Å². The number of methoxy groups -OCH3 is 1. The Labute approximate surface area is 125 Å². The molecule has 0 aliphatic carbocycles. The largest absolute Gasteiger partial charge is 0.497 e. The van der Waals surface area contributed by atoms with Gasteiger partial charge >= 0.3 is 0 Å². The molecule has 1 aromatic carbocycles. The van der Waals surface area contributed by atoms with E-state index in [4.69, 9.17) is 9.26 Å². The van der Waals surface area contributed by atoms with Crippen LogP contribution < -0.4 is 4.74 Å². The first kappa shape index (κ1) is 12.5. The summed E-state index contributed by atoms with van der Waals surface area (Å²) in [7, 11) is 1.62. The molecule has 7 nitrogen and oxygen atoms in total. The highest BCUT2D eigenvalue weighted by atomic mass is 16.5. The number of rotatable bonds is 3. The van der Waals surface area contributed by atoms with Gasteiger partial charge in [-0.25, -0.2) is 9.97 Å². The molecule has 0 aliphatic heterocycles. The monoisotopic (exact) mass is 293 g/mol. The van der Waals surface area contributed by atoms with Crippen LogP contribution in [0.2, 0.25) is 0 Å². The second-order valence-corrected chi connectivity index (χ2v) is 4.60. The van der Waals surface area contributed by atoms with Gasteiger partial charge in [-0.15, -0.1) is 0 Å². The summed E-state index contributed by atoms with van der Waals surface area (Å²) in [6, 6.07) is 9.27. The van der Waals surface area contributed by atoms with E-state index in [2.05, 4.69) is 20.1 Å². The Morgan fingerprint density at radius 1 is 1.14 bits per heavy atom. The van der Waals surface area contributed by atoms with E-state index in [9.17, 15) is 0 Å². The summed E-state index contributed by atoms with van der Waals surface area (Å²) in [6.07, 6.45) is 5.34. The summed E-state index contributed by atoms with van der Waals surface area (Å²) in [6.45, 7) is 0. The van der Waals surface area contributed by atoms with Crippen LogP contribution in [-0.4, -0.2) is 31.6 Å². The number of hydrogen-bond donors (Lipinski definition) is 0. The second kappa shape index (κ2) is 4.96. The highest BCUT2D eigenvalue weighted by Crippen LogP contribution is 2.23. The van der Waals surface area contributed by atoms with Crippen LogP contribution >= 0.6 is 0 Å². The summed E-state index contributed by atoms with van der Waals surface area (Å²) in [5.74, 6) is 2.22. The molecule has 4 aromatic rings. The Bertz CT molecular complexity index is 893. The molecule has 0 amide bonds. The first-order chi connectivity index (χ1) is 10.8. The highest BCUT2D eigenvalue weighted by molar-refractivity contribution is 5.59. The standard InChI is InChI=1S/C15H11N5O2/c1-21-11-5-3-10(4-6-11)13-18-14(22-19-13)12-9-20-8-2-7-16-15(20)17-12/h2-9H,1H3. The van der Waals surface area contributed by atoms with Crippen LogP contribution in [0.25, 0.3) is 28.8 Å². The summed E-state index contributed by atoms with van der Waals surface area (Å²) in [4.78, 5) is 12.9. The molecule has 0 spiro atoms. The molecule has 0 bridgehead atoms. The van der Waals surface area contributed by atoms with Crippen molar-refractivity contribution in [3.63, 3.8) is 0 Å². The van der Waals surface area contributed by atoms with E-state index in [0.29, 0.717) is 23.2 Å². The van der Waals surface area contributed by atoms with E-state index in [1.807, 2.05) is 36.5 Å². The third kappa shape index (κ3) is 2.08. The summed E-state index contributed by atoms with van der Waals surface area (Å²) < 4.78 is 12.2. The van der Waals surface area contributed by atoms with Crippen molar-refractivity contribution in [1.29, 1.82) is 0 Å². The Balaban J connectivity index is 1.70. The topological polar surface area (TPSA) is 78.3 Å². The molecule has 22 heavy (non-hydrogen) atoms. The number of imidazole rings is 1. The molecular formula is C15H11N5O2. The van der Waals surface area contributed by atoms with Crippen LogP contribution in [0.1, 0.15) is 0 Å². The number of ether oxygens (including phenoxy) is 1. The number of nitrogens with zero attached hydrogens (tertiary/aromatic N) is 5. The van der Waals surface area contributed by atoms with Crippen molar-refractivity contribution in [1.82, 2.24) is 24.5 Å². The molecule has 0 radical (unpaired) electrons. The number of aromatic nitrogens is 5. The van der Waals surface area contributed by atoms with Gasteiger partial charge in [0, 0.05) is 24.2 Å². The molecule has 3 aromatic heterocycles. The molecule has 0 unspecified atom stereocenters. The molecule has 7 heteroatoms. The Morgan fingerprint density at radius 3 is 2.77 bits per heavy atom. The van der Waals surface area contributed by atoms with Gasteiger partial charge < -0.3 is 9.26 Å². The lowest BCUT2D eigenvalue weighted by Crippen LogP contribution is -1.84. The summed E-state index contributed by atoms with van der Waals surface area (Å²) in [5, 5.41) is 3.99. The van der Waals surface area contributed by atoms with Crippen molar-refractivity contribution in [3.8, 4) is 28.7 Å². The van der Waals surface area contributed by atoms with Gasteiger partial charge in [-0.3, -0.25) is 4.40 Å². The van der Waals surface area contributed by atoms with Gasteiger partial charge in [0.1, 0.15) is 11.4 Å². The first-order valence-corrected chi connectivity index (χ1v) is 6.62. The average molecular weight is 293 g/mol. The summed E-state index contributed by atoms with van der Waals surface area (Å²) >= 11 is 0. The predicted molar refractivity (Wildman–Crippen MR) is 78.3 cm³/mol. The van der Waals surface area contributed by atoms with E-state index < -0.39 is 0 Å². The van der Waals surface area contributed by atoms with Crippen LogP contribution in [0.5, 0.6) is 5.75 Å². The lowest BCUT2D eigenvalue weighted by molar-refractivity contribution is 0.414. The fourth-order valence-corrected chi connectivity index (χ4v) is 2.12. The molecule has 0 aliphatic rings. The second-order valence-electron chi connectivity index (χ2n) is 4.60. The maximum absolute atomic E-state index is 5.30. The van der Waals surface area contributed by atoms with E-state index in [0.717, 1.165) is 11.3 Å². The fourth-order valence-electron chi connectivity index (χ4n) is 2.12. The Kier molecular flexibility index (Phi) is 2.82. The highest BCUT2D eigenvalue weighted by Gasteiger charge is 2.14. The van der Waals surface area contributed by atoms with Gasteiger partial charge in [0.2, 0.25) is 11.6 Å². The van der Waals surface area contributed by atoms with Crippen molar-refractivity contribution in [2.45, 2.75) is 0 Å². The van der Waals surface area contributed by atoms with Crippen molar-refractivity contribution < 1.29 is 9.26 Å². The van der Waals surface area contributed by atoms with Crippen LogP contribution in [0.15, 0.2) is 53.4 Å². The minimum atomic E-state index is 0.358. The van der Waals surface area contributed by atoms with Crippen LogP contribution in [0, 0.1) is 0 Å². The van der Waals surface area contributed by atoms with E-state index in [1.165, 1.54) is 0 Å². The van der Waals surface area contributed by atoms with E-state index >= 15 is 0 Å². The number of benzene rings is 1. The molecule has 4 rings (SSSR count). The van der Waals surface area contributed by atoms with Gasteiger partial charge in [0.15, 0.2) is 0 Å². The Morgan fingerprint density at radius 2 is 2.00 bits per heavy atom. The van der Waals surface area contributed by atoms with E-state index in [-0.39, 0.29) is 0 Å². The van der Waals surface area contributed by atoms with Crippen molar-refractivity contribution in [2.75, 3.05) is 7.11 Å². The van der Waals surface area contributed by atoms with Crippen molar-refractivity contribution in [2.24, 2.45) is 0 Å². The smallest absolute Gasteiger partial charge is 0.278 e. The van der Waals surface area contributed by atoms with Crippen LogP contribution in [-0.2, 0) is 0 Å². The van der Waals surface area contributed by atoms with Gasteiger partial charge in [-0.2, -0.15) is 4.98 Å². The maximum Gasteiger partial charge on any atom is 0.278 e. The first-order valence-electron chi connectivity index (χ1n) is 6.62. The Hall–Kier alpha value is -3.22. The minimum Gasteiger partial charge on any atom is -0.497 e. The maximum atomic E-state index is 5.30. The number of hydrogen-bond acceptors (Lipinski definition) is 6. The van der Waals surface area contributed by atoms with Crippen LogP contribution in [0.3, 0.4) is 0 Å². The minimum absolute atomic E-state index is 0.358. The third-order valence-electron chi connectivity index (χ3n) is 3.23. The quantitative estimate of drug-likeness (QED) is 0.577. The molecule has 3 heterocycles. The molecule has 0 saturated heterocycles. The zero-order valence-corrected chi connectivity index (χ0v) is 11.7. The zero-order valence-electron chi connectivity index (χ0n) is 11.7. The van der Waals surface area contributed by atoms with Gasteiger partial charge in [-0.05, 0) is 30.3 Å². The molecule has 0 atom stereocenters.